The van der Waals surface area contributed by atoms with Crippen LogP contribution >= 0.6 is 0 Å². The predicted molar refractivity (Wildman–Crippen MR) is 96.5 cm³/mol. The van der Waals surface area contributed by atoms with Gasteiger partial charge in [0.05, 0.1) is 5.56 Å². The van der Waals surface area contributed by atoms with Gasteiger partial charge in [0.1, 0.15) is 11.3 Å². The van der Waals surface area contributed by atoms with Crippen molar-refractivity contribution in [1.29, 1.82) is 0 Å². The van der Waals surface area contributed by atoms with Crippen LogP contribution in [0.5, 0.6) is 0 Å². The molecule has 3 heterocycles. The van der Waals surface area contributed by atoms with E-state index in [4.69, 9.17) is 9.97 Å². The van der Waals surface area contributed by atoms with E-state index < -0.39 is 0 Å². The summed E-state index contributed by atoms with van der Waals surface area (Å²) in [7, 11) is 0. The predicted octanol–water partition coefficient (Wildman–Crippen LogP) is 3.38. The van der Waals surface area contributed by atoms with Crippen molar-refractivity contribution in [3.05, 3.63) is 23.1 Å². The van der Waals surface area contributed by atoms with E-state index in [1.807, 2.05) is 13.0 Å². The van der Waals surface area contributed by atoms with Gasteiger partial charge in [0, 0.05) is 24.7 Å². The number of aryl methyl sites for hydroxylation is 3. The summed E-state index contributed by atoms with van der Waals surface area (Å²) in [5.74, 6) is 2.55. The largest absolute Gasteiger partial charge is 0.349 e. The number of fused-ring (bicyclic) bond motifs is 3. The summed E-state index contributed by atoms with van der Waals surface area (Å²) < 4.78 is 2.24. The summed E-state index contributed by atoms with van der Waals surface area (Å²) in [4.78, 5) is 22.6. The zero-order valence-electron chi connectivity index (χ0n) is 14.9. The van der Waals surface area contributed by atoms with Crippen LogP contribution in [0.4, 0.5) is 0 Å². The minimum Gasteiger partial charge on any atom is -0.349 e. The summed E-state index contributed by atoms with van der Waals surface area (Å²) in [5.41, 5.74) is 3.31. The molecule has 0 bridgehead atoms. The Labute approximate surface area is 148 Å². The number of aromatic nitrogens is 3. The highest BCUT2D eigenvalue weighted by Crippen LogP contribution is 2.44. The topological polar surface area (TPSA) is 59.8 Å². The Hall–Kier alpha value is -1.91. The minimum absolute atomic E-state index is 0.0487. The molecule has 2 saturated carbocycles. The number of hydrogen-bond acceptors (Lipinski definition) is 3. The molecule has 0 radical (unpaired) electrons. The van der Waals surface area contributed by atoms with Crippen molar-refractivity contribution < 1.29 is 4.79 Å². The maximum atomic E-state index is 13.1. The molecule has 5 nitrogen and oxygen atoms in total. The van der Waals surface area contributed by atoms with Gasteiger partial charge in [-0.3, -0.25) is 4.79 Å². The van der Waals surface area contributed by atoms with Crippen LogP contribution < -0.4 is 5.32 Å². The fraction of sp³-hybridized carbons (Fsp3) is 0.650. The summed E-state index contributed by atoms with van der Waals surface area (Å²) in [5, 5.41) is 3.35. The molecule has 1 N–H and O–H groups in total. The first-order valence-electron chi connectivity index (χ1n) is 9.88. The van der Waals surface area contributed by atoms with Gasteiger partial charge in [0.15, 0.2) is 5.65 Å². The number of imidazole rings is 1. The molecule has 25 heavy (non-hydrogen) atoms. The Balaban J connectivity index is 1.52. The molecular weight excluding hydrogens is 312 g/mol. The van der Waals surface area contributed by atoms with Crippen LogP contribution in [0, 0.1) is 18.8 Å². The van der Waals surface area contributed by atoms with E-state index >= 15 is 0 Å². The second-order valence-electron chi connectivity index (χ2n) is 8.15. The molecule has 2 aromatic rings. The van der Waals surface area contributed by atoms with Gasteiger partial charge in [0.2, 0.25) is 0 Å². The molecule has 2 aromatic heterocycles. The van der Waals surface area contributed by atoms with Crippen molar-refractivity contribution in [2.75, 3.05) is 0 Å². The number of carbonyl (C=O) groups is 1. The van der Waals surface area contributed by atoms with Crippen molar-refractivity contribution in [3.8, 4) is 0 Å². The van der Waals surface area contributed by atoms with Crippen LogP contribution in [0.3, 0.4) is 0 Å². The Kier molecular flexibility index (Phi) is 3.57. The number of nitrogens with one attached hydrogen (secondary N) is 1. The van der Waals surface area contributed by atoms with E-state index in [1.54, 1.807) is 0 Å². The molecule has 132 valence electrons. The average molecular weight is 338 g/mol. The molecular formula is C20H26N4O. The quantitative estimate of drug-likeness (QED) is 0.929. The van der Waals surface area contributed by atoms with Gasteiger partial charge in [-0.1, -0.05) is 6.42 Å². The monoisotopic (exact) mass is 338 g/mol. The summed E-state index contributed by atoms with van der Waals surface area (Å²) in [6, 6.07) is 2.29. The smallest absolute Gasteiger partial charge is 0.253 e. The molecule has 2 aliphatic carbocycles. The van der Waals surface area contributed by atoms with E-state index in [2.05, 4.69) is 9.88 Å². The fourth-order valence-electron chi connectivity index (χ4n) is 4.35. The lowest BCUT2D eigenvalue weighted by molar-refractivity contribution is 0.0927. The van der Waals surface area contributed by atoms with Crippen LogP contribution in [0.25, 0.3) is 11.2 Å². The summed E-state index contributed by atoms with van der Waals surface area (Å²) in [6.45, 7) is 2.95. The first-order valence-corrected chi connectivity index (χ1v) is 9.88. The lowest BCUT2D eigenvalue weighted by atomic mass is 10.1. The highest BCUT2D eigenvalue weighted by Gasteiger charge is 2.42. The number of carbonyl (C=O) groups excluding carboxylic acids is 1. The van der Waals surface area contributed by atoms with Gasteiger partial charge >= 0.3 is 0 Å². The number of hydrogen-bond donors (Lipinski definition) is 1. The van der Waals surface area contributed by atoms with Gasteiger partial charge in [0.25, 0.3) is 5.91 Å². The van der Waals surface area contributed by atoms with Gasteiger partial charge in [-0.2, -0.15) is 0 Å². The summed E-state index contributed by atoms with van der Waals surface area (Å²) in [6.07, 6.45) is 9.65. The fourth-order valence-corrected chi connectivity index (χ4v) is 4.35. The second-order valence-corrected chi connectivity index (χ2v) is 8.15. The van der Waals surface area contributed by atoms with Crippen molar-refractivity contribution in [2.45, 2.75) is 70.9 Å². The molecule has 1 aliphatic heterocycles. The zero-order chi connectivity index (χ0) is 17.0. The highest BCUT2D eigenvalue weighted by atomic mass is 16.1. The van der Waals surface area contributed by atoms with Crippen molar-refractivity contribution in [1.82, 2.24) is 19.9 Å². The Morgan fingerprint density at radius 2 is 1.92 bits per heavy atom. The van der Waals surface area contributed by atoms with Gasteiger partial charge in [-0.25, -0.2) is 9.97 Å². The number of nitrogens with zero attached hydrogens (tertiary/aromatic N) is 3. The molecule has 2 fully saturated rings. The van der Waals surface area contributed by atoms with Crippen molar-refractivity contribution >= 4 is 17.1 Å². The average Bonchev–Trinajstić information content (AvgIpc) is 3.48. The lowest BCUT2D eigenvalue weighted by Crippen LogP contribution is -2.38. The molecule has 0 saturated heterocycles. The lowest BCUT2D eigenvalue weighted by Gasteiger charge is -2.18. The van der Waals surface area contributed by atoms with Gasteiger partial charge in [-0.15, -0.1) is 0 Å². The molecule has 0 atom stereocenters. The van der Waals surface area contributed by atoms with Gasteiger partial charge in [-0.05, 0) is 63.4 Å². The van der Waals surface area contributed by atoms with Crippen LogP contribution in [0.15, 0.2) is 6.07 Å². The third-order valence-electron chi connectivity index (χ3n) is 5.99. The maximum absolute atomic E-state index is 13.1. The van der Waals surface area contributed by atoms with Gasteiger partial charge < -0.3 is 9.88 Å². The Bertz CT molecular complexity index is 820. The Morgan fingerprint density at radius 3 is 2.64 bits per heavy atom. The molecule has 0 aromatic carbocycles. The minimum atomic E-state index is 0.0487. The van der Waals surface area contributed by atoms with Crippen LogP contribution in [-0.4, -0.2) is 26.5 Å². The normalized spacial score (nSPS) is 20.6. The zero-order valence-corrected chi connectivity index (χ0v) is 14.9. The SMILES string of the molecule is Cc1cc(C(=O)NC(C2CC2)C2CC2)c2nc3n(c2n1)CCCCC3. The molecule has 3 aliphatic rings. The number of amides is 1. The molecule has 0 spiro atoms. The van der Waals surface area contributed by atoms with E-state index in [0.717, 1.165) is 41.2 Å². The molecule has 1 amide bonds. The van der Waals surface area contributed by atoms with E-state index in [-0.39, 0.29) is 5.91 Å². The Morgan fingerprint density at radius 1 is 1.16 bits per heavy atom. The third kappa shape index (κ3) is 2.83. The van der Waals surface area contributed by atoms with E-state index in [1.165, 1.54) is 44.9 Å². The van der Waals surface area contributed by atoms with Crippen molar-refractivity contribution in [3.63, 3.8) is 0 Å². The van der Waals surface area contributed by atoms with Crippen molar-refractivity contribution in [2.24, 2.45) is 11.8 Å². The number of rotatable bonds is 4. The van der Waals surface area contributed by atoms with E-state index in [0.29, 0.717) is 17.9 Å². The summed E-state index contributed by atoms with van der Waals surface area (Å²) >= 11 is 0. The molecule has 5 heteroatoms. The molecule has 0 unspecified atom stereocenters. The highest BCUT2D eigenvalue weighted by molar-refractivity contribution is 6.04. The van der Waals surface area contributed by atoms with Crippen LogP contribution in [0.2, 0.25) is 0 Å². The maximum Gasteiger partial charge on any atom is 0.253 e. The first kappa shape index (κ1) is 15.4. The number of pyridine rings is 1. The second kappa shape index (κ2) is 5.82. The van der Waals surface area contributed by atoms with Crippen LogP contribution in [-0.2, 0) is 13.0 Å². The molecule has 5 rings (SSSR count). The first-order chi connectivity index (χ1) is 12.2. The van der Waals surface area contributed by atoms with Crippen LogP contribution in [0.1, 0.15) is 66.8 Å². The van der Waals surface area contributed by atoms with E-state index in [9.17, 15) is 4.79 Å². The third-order valence-corrected chi connectivity index (χ3v) is 5.99. The standard InChI is InChI=1S/C20H26N4O/c1-12-11-15(20(25)23-17(13-6-7-13)14-8-9-14)18-19(21-12)24-10-4-2-3-5-16(24)22-18/h11,13-14,17H,2-10H2,1H3,(H,23,25).